The maximum Gasteiger partial charge on any atom is 0.227 e. The van der Waals surface area contributed by atoms with Crippen molar-refractivity contribution in [1.29, 1.82) is 0 Å². The molecule has 0 aliphatic heterocycles. The van der Waals surface area contributed by atoms with E-state index in [-0.39, 0.29) is 0 Å². The minimum absolute atomic E-state index is 0.660. The molecule has 0 radical (unpaired) electrons. The summed E-state index contributed by atoms with van der Waals surface area (Å²) in [6.45, 7) is 0. The molecule has 0 aliphatic rings. The third-order valence-electron chi connectivity index (χ3n) is 9.31. The van der Waals surface area contributed by atoms with Crippen LogP contribution in [0.25, 0.3) is 76.7 Å². The van der Waals surface area contributed by atoms with E-state index in [0.29, 0.717) is 5.71 Å². The van der Waals surface area contributed by atoms with Crippen LogP contribution in [0.4, 0.5) is 17.1 Å². The number of fused-ring (bicyclic) bond motifs is 10. The molecular formula is C43H26N2O2. The fourth-order valence-electron chi connectivity index (χ4n) is 7.11. The minimum atomic E-state index is 0.660. The molecule has 3 heterocycles. The van der Waals surface area contributed by atoms with Gasteiger partial charge in [-0.15, -0.1) is 0 Å². The summed E-state index contributed by atoms with van der Waals surface area (Å²) in [4.78, 5) is 6.79. The number of benzene rings is 7. The summed E-state index contributed by atoms with van der Waals surface area (Å²) in [6, 6.07) is 53.3. The standard InChI is InChI=1S/C43H26N2O2/c1-2-8-27(9-3-1)28-17-20-31(21-18-28)45(38-13-6-11-35-34-10-4-5-14-39(34)46-41(35)38)32-22-24-33-30(26-32)16-15-29-19-23-36-37-12-7-25-44-43(37)47-42(36)40(29)33/h1-26H. The molecule has 0 aliphatic carbocycles. The van der Waals surface area contributed by atoms with E-state index in [2.05, 4.69) is 137 Å². The van der Waals surface area contributed by atoms with E-state index in [9.17, 15) is 0 Å². The molecule has 0 amide bonds. The number of anilines is 3. The molecular weight excluding hydrogens is 576 g/mol. The lowest BCUT2D eigenvalue weighted by atomic mass is 9.98. The lowest BCUT2D eigenvalue weighted by Crippen LogP contribution is -2.10. The van der Waals surface area contributed by atoms with Crippen LogP contribution >= 0.6 is 0 Å². The molecule has 3 aromatic heterocycles. The summed E-state index contributed by atoms with van der Waals surface area (Å²) in [5, 5.41) is 8.81. The fourth-order valence-corrected chi connectivity index (χ4v) is 7.11. The zero-order chi connectivity index (χ0) is 30.9. The van der Waals surface area contributed by atoms with E-state index in [1.165, 1.54) is 11.1 Å². The van der Waals surface area contributed by atoms with Gasteiger partial charge in [-0.3, -0.25) is 0 Å². The van der Waals surface area contributed by atoms with Crippen molar-refractivity contribution in [3.8, 4) is 11.1 Å². The van der Waals surface area contributed by atoms with Gasteiger partial charge in [0.25, 0.3) is 0 Å². The van der Waals surface area contributed by atoms with Crippen LogP contribution in [0, 0.1) is 0 Å². The number of pyridine rings is 1. The third kappa shape index (κ3) is 3.98. The molecule has 47 heavy (non-hydrogen) atoms. The largest absolute Gasteiger partial charge is 0.454 e. The van der Waals surface area contributed by atoms with Gasteiger partial charge in [-0.2, -0.15) is 0 Å². The van der Waals surface area contributed by atoms with Crippen molar-refractivity contribution in [1.82, 2.24) is 4.98 Å². The third-order valence-corrected chi connectivity index (χ3v) is 9.31. The Kier molecular flexibility index (Phi) is 5.54. The molecule has 0 saturated carbocycles. The quantitative estimate of drug-likeness (QED) is 0.188. The average Bonchev–Trinajstić information content (AvgIpc) is 3.71. The Balaban J connectivity index is 1.20. The van der Waals surface area contributed by atoms with Gasteiger partial charge < -0.3 is 13.7 Å². The topological polar surface area (TPSA) is 42.4 Å². The smallest absolute Gasteiger partial charge is 0.227 e. The van der Waals surface area contributed by atoms with E-state index in [4.69, 9.17) is 8.83 Å². The summed E-state index contributed by atoms with van der Waals surface area (Å²) in [7, 11) is 0. The second-order valence-electron chi connectivity index (χ2n) is 12.0. The van der Waals surface area contributed by atoms with Crippen LogP contribution in [0.2, 0.25) is 0 Å². The second kappa shape index (κ2) is 10.1. The van der Waals surface area contributed by atoms with Gasteiger partial charge in [0, 0.05) is 44.5 Å². The summed E-state index contributed by atoms with van der Waals surface area (Å²) >= 11 is 0. The first kappa shape index (κ1) is 25.9. The van der Waals surface area contributed by atoms with Crippen LogP contribution in [0.15, 0.2) is 167 Å². The highest BCUT2D eigenvalue weighted by atomic mass is 16.3. The molecule has 7 aromatic carbocycles. The highest BCUT2D eigenvalue weighted by Crippen LogP contribution is 2.44. The molecule has 4 nitrogen and oxygen atoms in total. The van der Waals surface area contributed by atoms with Gasteiger partial charge >= 0.3 is 0 Å². The van der Waals surface area contributed by atoms with Crippen molar-refractivity contribution in [2.45, 2.75) is 0 Å². The summed E-state index contributed by atoms with van der Waals surface area (Å²) in [6.07, 6.45) is 1.78. The highest BCUT2D eigenvalue weighted by Gasteiger charge is 2.20. The first-order valence-electron chi connectivity index (χ1n) is 15.8. The summed E-state index contributed by atoms with van der Waals surface area (Å²) in [5.41, 5.74) is 8.69. The first-order chi connectivity index (χ1) is 23.3. The predicted octanol–water partition coefficient (Wildman–Crippen LogP) is 12.3. The molecule has 4 heteroatoms. The molecule has 0 N–H and O–H groups in total. The molecule has 220 valence electrons. The molecule has 10 rings (SSSR count). The average molecular weight is 603 g/mol. The summed E-state index contributed by atoms with van der Waals surface area (Å²) in [5.74, 6) is 0. The number of hydrogen-bond acceptors (Lipinski definition) is 4. The Bertz CT molecular complexity index is 2790. The van der Waals surface area contributed by atoms with Crippen molar-refractivity contribution in [3.63, 3.8) is 0 Å². The first-order valence-corrected chi connectivity index (χ1v) is 15.8. The Morgan fingerprint density at radius 3 is 2.06 bits per heavy atom. The van der Waals surface area contributed by atoms with E-state index >= 15 is 0 Å². The normalized spacial score (nSPS) is 11.8. The molecule has 0 saturated heterocycles. The van der Waals surface area contributed by atoms with Gasteiger partial charge in [-0.25, -0.2) is 4.98 Å². The van der Waals surface area contributed by atoms with Gasteiger partial charge in [-0.05, 0) is 81.9 Å². The van der Waals surface area contributed by atoms with Crippen LogP contribution < -0.4 is 4.90 Å². The Morgan fingerprint density at radius 2 is 1.15 bits per heavy atom. The van der Waals surface area contributed by atoms with E-state index < -0.39 is 0 Å². The lowest BCUT2D eigenvalue weighted by Gasteiger charge is -2.26. The van der Waals surface area contributed by atoms with Crippen molar-refractivity contribution in [3.05, 3.63) is 158 Å². The Hall–Kier alpha value is -6.39. The second-order valence-corrected chi connectivity index (χ2v) is 12.0. The number of rotatable bonds is 4. The van der Waals surface area contributed by atoms with Crippen LogP contribution in [-0.4, -0.2) is 4.98 Å². The Morgan fingerprint density at radius 1 is 0.447 bits per heavy atom. The predicted molar refractivity (Wildman–Crippen MR) is 194 cm³/mol. The molecule has 10 aromatic rings. The van der Waals surface area contributed by atoms with Gasteiger partial charge in [0.05, 0.1) is 5.69 Å². The molecule has 0 fully saturated rings. The van der Waals surface area contributed by atoms with Gasteiger partial charge in [0.1, 0.15) is 11.2 Å². The number of furan rings is 2. The van der Waals surface area contributed by atoms with Gasteiger partial charge in [0.2, 0.25) is 5.71 Å². The molecule has 0 unspecified atom stereocenters. The van der Waals surface area contributed by atoms with E-state index in [1.54, 1.807) is 6.20 Å². The highest BCUT2D eigenvalue weighted by molar-refractivity contribution is 6.23. The number of para-hydroxylation sites is 2. The van der Waals surface area contributed by atoms with E-state index in [1.807, 2.05) is 24.3 Å². The van der Waals surface area contributed by atoms with Crippen LogP contribution in [0.3, 0.4) is 0 Å². The number of aromatic nitrogens is 1. The van der Waals surface area contributed by atoms with Crippen molar-refractivity contribution < 1.29 is 8.83 Å². The SMILES string of the molecule is c1ccc(-c2ccc(N(c3ccc4c(ccc5ccc6c7cccnc7oc6c54)c3)c3cccc4c3oc3ccccc34)cc2)cc1. The summed E-state index contributed by atoms with van der Waals surface area (Å²) < 4.78 is 12.9. The van der Waals surface area contributed by atoms with Gasteiger partial charge in [-0.1, -0.05) is 97.1 Å². The van der Waals surface area contributed by atoms with Crippen molar-refractivity contribution in [2.24, 2.45) is 0 Å². The zero-order valence-corrected chi connectivity index (χ0v) is 25.2. The van der Waals surface area contributed by atoms with Crippen LogP contribution in [0.1, 0.15) is 0 Å². The molecule has 0 bridgehead atoms. The Labute approximate surface area is 269 Å². The number of hydrogen-bond donors (Lipinski definition) is 0. The molecule has 0 atom stereocenters. The monoisotopic (exact) mass is 602 g/mol. The molecule has 0 spiro atoms. The maximum atomic E-state index is 6.56. The van der Waals surface area contributed by atoms with Crippen molar-refractivity contribution >= 4 is 82.6 Å². The van der Waals surface area contributed by atoms with E-state index in [0.717, 1.165) is 76.9 Å². The zero-order valence-electron chi connectivity index (χ0n) is 25.2. The van der Waals surface area contributed by atoms with Gasteiger partial charge in [0.15, 0.2) is 5.58 Å². The lowest BCUT2D eigenvalue weighted by molar-refractivity contribution is 0.658. The number of nitrogens with zero attached hydrogens (tertiary/aromatic N) is 2. The van der Waals surface area contributed by atoms with Crippen LogP contribution in [-0.2, 0) is 0 Å². The fraction of sp³-hybridized carbons (Fsp3) is 0. The maximum absolute atomic E-state index is 6.56. The van der Waals surface area contributed by atoms with Crippen LogP contribution in [0.5, 0.6) is 0 Å². The minimum Gasteiger partial charge on any atom is -0.454 e. The van der Waals surface area contributed by atoms with Crippen molar-refractivity contribution in [2.75, 3.05) is 4.90 Å².